The minimum atomic E-state index is -0.446. The number of rotatable bonds is 1. The number of ether oxygens (including phenoxy) is 3. The number of hydrogen-bond acceptors (Lipinski definition) is 5. The van der Waals surface area contributed by atoms with Crippen LogP contribution in [0.2, 0.25) is 0 Å². The van der Waals surface area contributed by atoms with Gasteiger partial charge in [0.2, 0.25) is 12.7 Å². The van der Waals surface area contributed by atoms with Crippen LogP contribution >= 0.6 is 0 Å². The standard InChI is InChI=1S/C17H11FN2O3/c18-10-3-1-9(2-4-10)16-11-5-14-15(22-8-21-14)6-13(11)23-17(20)12(16)7-19/h1-6,16H,8,20H2/t16-/m0/s1. The average molecular weight is 310 g/mol. The zero-order chi connectivity index (χ0) is 16.0. The maximum atomic E-state index is 13.2. The van der Waals surface area contributed by atoms with Crippen LogP contribution in [-0.4, -0.2) is 6.79 Å². The molecule has 2 aliphatic rings. The zero-order valence-corrected chi connectivity index (χ0v) is 11.9. The van der Waals surface area contributed by atoms with Crippen LogP contribution in [0.1, 0.15) is 17.0 Å². The van der Waals surface area contributed by atoms with Crippen LogP contribution in [0.4, 0.5) is 4.39 Å². The first kappa shape index (κ1) is 13.5. The molecule has 2 aliphatic heterocycles. The molecule has 2 aromatic carbocycles. The lowest BCUT2D eigenvalue weighted by Crippen LogP contribution is -2.21. The molecule has 0 saturated heterocycles. The van der Waals surface area contributed by atoms with Crippen molar-refractivity contribution in [1.29, 1.82) is 5.26 Å². The van der Waals surface area contributed by atoms with Crippen LogP contribution in [0.5, 0.6) is 17.2 Å². The maximum absolute atomic E-state index is 13.2. The Morgan fingerprint density at radius 2 is 1.78 bits per heavy atom. The molecule has 0 aromatic heterocycles. The summed E-state index contributed by atoms with van der Waals surface area (Å²) < 4.78 is 29.5. The number of hydrogen-bond donors (Lipinski definition) is 1. The minimum Gasteiger partial charge on any atom is -0.454 e. The summed E-state index contributed by atoms with van der Waals surface area (Å²) in [5.41, 5.74) is 7.65. The largest absolute Gasteiger partial charge is 0.454 e. The second-order valence-corrected chi connectivity index (χ2v) is 5.22. The molecule has 2 heterocycles. The summed E-state index contributed by atoms with van der Waals surface area (Å²) in [6, 6.07) is 11.5. The van der Waals surface area contributed by atoms with Gasteiger partial charge in [0, 0.05) is 11.6 Å². The first-order chi connectivity index (χ1) is 11.2. The van der Waals surface area contributed by atoms with E-state index in [0.29, 0.717) is 17.2 Å². The molecule has 6 heteroatoms. The first-order valence-corrected chi connectivity index (χ1v) is 6.94. The third-order valence-electron chi connectivity index (χ3n) is 3.91. The molecule has 23 heavy (non-hydrogen) atoms. The Bertz CT molecular complexity index is 869. The van der Waals surface area contributed by atoms with E-state index in [1.807, 2.05) is 0 Å². The Morgan fingerprint density at radius 3 is 2.48 bits per heavy atom. The van der Waals surface area contributed by atoms with Gasteiger partial charge >= 0.3 is 0 Å². The summed E-state index contributed by atoms with van der Waals surface area (Å²) in [4.78, 5) is 0. The van der Waals surface area contributed by atoms with E-state index in [9.17, 15) is 9.65 Å². The minimum absolute atomic E-state index is 0.0354. The van der Waals surface area contributed by atoms with Crippen LogP contribution in [-0.2, 0) is 0 Å². The highest BCUT2D eigenvalue weighted by atomic mass is 19.1. The Hall–Kier alpha value is -3.20. The molecule has 0 aliphatic carbocycles. The summed E-state index contributed by atoms with van der Waals surface area (Å²) in [5, 5.41) is 9.47. The van der Waals surface area contributed by atoms with Crippen molar-refractivity contribution in [3.63, 3.8) is 0 Å². The number of nitriles is 1. The third kappa shape index (κ3) is 2.06. The predicted octanol–water partition coefficient (Wildman–Crippen LogP) is 2.77. The Kier molecular flexibility index (Phi) is 2.88. The van der Waals surface area contributed by atoms with E-state index in [0.717, 1.165) is 11.1 Å². The van der Waals surface area contributed by atoms with Gasteiger partial charge in [0.25, 0.3) is 0 Å². The van der Waals surface area contributed by atoms with Crippen molar-refractivity contribution < 1.29 is 18.6 Å². The number of allylic oxidation sites excluding steroid dienone is 1. The van der Waals surface area contributed by atoms with Gasteiger partial charge in [-0.25, -0.2) is 4.39 Å². The number of nitrogens with zero attached hydrogens (tertiary/aromatic N) is 1. The maximum Gasteiger partial charge on any atom is 0.231 e. The average Bonchev–Trinajstić information content (AvgIpc) is 3.00. The molecular formula is C17H11FN2O3. The van der Waals surface area contributed by atoms with E-state index in [1.165, 1.54) is 12.1 Å². The van der Waals surface area contributed by atoms with Gasteiger partial charge in [0.15, 0.2) is 11.5 Å². The highest BCUT2D eigenvalue weighted by Gasteiger charge is 2.33. The fraction of sp³-hybridized carbons (Fsp3) is 0.118. The van der Waals surface area contributed by atoms with Crippen molar-refractivity contribution in [2.75, 3.05) is 6.79 Å². The van der Waals surface area contributed by atoms with Gasteiger partial charge in [0.1, 0.15) is 23.2 Å². The normalized spacial score (nSPS) is 18.2. The molecule has 114 valence electrons. The van der Waals surface area contributed by atoms with E-state index < -0.39 is 5.92 Å². The molecule has 2 aromatic rings. The van der Waals surface area contributed by atoms with Crippen LogP contribution < -0.4 is 19.9 Å². The highest BCUT2D eigenvalue weighted by molar-refractivity contribution is 5.61. The monoisotopic (exact) mass is 310 g/mol. The molecule has 4 rings (SSSR count). The van der Waals surface area contributed by atoms with Gasteiger partial charge < -0.3 is 19.9 Å². The Balaban J connectivity index is 1.92. The van der Waals surface area contributed by atoms with Crippen molar-refractivity contribution in [3.8, 4) is 23.3 Å². The summed E-state index contributed by atoms with van der Waals surface area (Å²) in [7, 11) is 0. The summed E-state index contributed by atoms with van der Waals surface area (Å²) in [5.74, 6) is 0.890. The van der Waals surface area contributed by atoms with Crippen molar-refractivity contribution in [2.24, 2.45) is 5.73 Å². The second-order valence-electron chi connectivity index (χ2n) is 5.22. The summed E-state index contributed by atoms with van der Waals surface area (Å²) >= 11 is 0. The number of fused-ring (bicyclic) bond motifs is 2. The molecule has 0 fully saturated rings. The van der Waals surface area contributed by atoms with Crippen molar-refractivity contribution in [3.05, 3.63) is 64.8 Å². The molecule has 0 bridgehead atoms. The zero-order valence-electron chi connectivity index (χ0n) is 11.9. The number of benzene rings is 2. The lowest BCUT2D eigenvalue weighted by molar-refractivity contribution is 0.174. The van der Waals surface area contributed by atoms with E-state index in [1.54, 1.807) is 24.3 Å². The van der Waals surface area contributed by atoms with Gasteiger partial charge in [-0.05, 0) is 23.8 Å². The van der Waals surface area contributed by atoms with Gasteiger partial charge in [-0.15, -0.1) is 0 Å². The number of nitrogens with two attached hydrogens (primary N) is 1. The lowest BCUT2D eigenvalue weighted by Gasteiger charge is -2.26. The molecule has 0 radical (unpaired) electrons. The van der Waals surface area contributed by atoms with Gasteiger partial charge in [-0.2, -0.15) is 5.26 Å². The van der Waals surface area contributed by atoms with Crippen LogP contribution in [0, 0.1) is 17.1 Å². The van der Waals surface area contributed by atoms with Crippen molar-refractivity contribution >= 4 is 0 Å². The molecule has 0 saturated carbocycles. The SMILES string of the molecule is N#CC1=C(N)Oc2cc3c(cc2[C@@H]1c1ccc(F)cc1)OCO3. The lowest BCUT2D eigenvalue weighted by atomic mass is 9.83. The number of halogens is 1. The second kappa shape index (κ2) is 4.92. The van der Waals surface area contributed by atoms with E-state index in [4.69, 9.17) is 19.9 Å². The van der Waals surface area contributed by atoms with Gasteiger partial charge in [0.05, 0.1) is 5.92 Å². The van der Waals surface area contributed by atoms with E-state index >= 15 is 0 Å². The summed E-state index contributed by atoms with van der Waals surface area (Å²) in [6.45, 7) is 0.132. The Morgan fingerprint density at radius 1 is 1.09 bits per heavy atom. The summed E-state index contributed by atoms with van der Waals surface area (Å²) in [6.07, 6.45) is 0. The molecule has 1 atom stereocenters. The highest BCUT2D eigenvalue weighted by Crippen LogP contribution is 2.47. The van der Waals surface area contributed by atoms with Gasteiger partial charge in [-0.3, -0.25) is 0 Å². The molecule has 0 spiro atoms. The molecule has 5 nitrogen and oxygen atoms in total. The smallest absolute Gasteiger partial charge is 0.231 e. The molecule has 0 amide bonds. The van der Waals surface area contributed by atoms with Crippen LogP contribution in [0.3, 0.4) is 0 Å². The fourth-order valence-corrected chi connectivity index (χ4v) is 2.85. The predicted molar refractivity (Wildman–Crippen MR) is 78.3 cm³/mol. The molecular weight excluding hydrogens is 299 g/mol. The van der Waals surface area contributed by atoms with Crippen LogP contribution in [0.15, 0.2) is 47.9 Å². The quantitative estimate of drug-likeness (QED) is 0.876. The topological polar surface area (TPSA) is 77.5 Å². The van der Waals surface area contributed by atoms with Crippen molar-refractivity contribution in [2.45, 2.75) is 5.92 Å². The van der Waals surface area contributed by atoms with Crippen molar-refractivity contribution in [1.82, 2.24) is 0 Å². The first-order valence-electron chi connectivity index (χ1n) is 6.94. The van der Waals surface area contributed by atoms with Gasteiger partial charge in [-0.1, -0.05) is 12.1 Å². The fourth-order valence-electron chi connectivity index (χ4n) is 2.85. The molecule has 0 unspecified atom stereocenters. The molecule has 2 N–H and O–H groups in total. The Labute approximate surface area is 131 Å². The third-order valence-corrected chi connectivity index (χ3v) is 3.91. The van der Waals surface area contributed by atoms with E-state index in [-0.39, 0.29) is 24.1 Å². The van der Waals surface area contributed by atoms with Crippen LogP contribution in [0.25, 0.3) is 0 Å². The van der Waals surface area contributed by atoms with E-state index in [2.05, 4.69) is 6.07 Å².